The normalized spacial score (nSPS) is 10.6. The molecule has 0 bridgehead atoms. The SMILES string of the molecule is Cc1nccc(CNc2cc(-n3cnnn3)ccc2C)n1. The Hall–Kier alpha value is -2.83. The summed E-state index contributed by atoms with van der Waals surface area (Å²) in [6.45, 7) is 4.58. The Kier molecular flexibility index (Phi) is 3.55. The van der Waals surface area contributed by atoms with Gasteiger partial charge in [-0.25, -0.2) is 14.6 Å². The third-order valence-electron chi connectivity index (χ3n) is 3.13. The molecule has 3 aromatic rings. The summed E-state index contributed by atoms with van der Waals surface area (Å²) in [4.78, 5) is 8.47. The minimum atomic E-state index is 0.642. The third-order valence-corrected chi connectivity index (χ3v) is 3.13. The lowest BCUT2D eigenvalue weighted by molar-refractivity contribution is 0.789. The van der Waals surface area contributed by atoms with Gasteiger partial charge in [0.05, 0.1) is 17.9 Å². The maximum Gasteiger partial charge on any atom is 0.143 e. The van der Waals surface area contributed by atoms with Crippen LogP contribution in [0.5, 0.6) is 0 Å². The van der Waals surface area contributed by atoms with Gasteiger partial charge in [-0.1, -0.05) is 6.07 Å². The van der Waals surface area contributed by atoms with E-state index in [1.165, 1.54) is 0 Å². The van der Waals surface area contributed by atoms with E-state index in [-0.39, 0.29) is 0 Å². The first-order chi connectivity index (χ1) is 10.2. The molecule has 0 aliphatic heterocycles. The molecule has 0 spiro atoms. The lowest BCUT2D eigenvalue weighted by Gasteiger charge is -2.11. The molecule has 0 aliphatic carbocycles. The van der Waals surface area contributed by atoms with Crippen molar-refractivity contribution >= 4 is 5.69 Å². The molecule has 0 atom stereocenters. The zero-order chi connectivity index (χ0) is 14.7. The van der Waals surface area contributed by atoms with Gasteiger partial charge in [-0.2, -0.15) is 0 Å². The number of hydrogen-bond donors (Lipinski definition) is 1. The van der Waals surface area contributed by atoms with Crippen molar-refractivity contribution in [2.45, 2.75) is 20.4 Å². The Bertz CT molecular complexity index is 737. The van der Waals surface area contributed by atoms with Gasteiger partial charge in [0.2, 0.25) is 0 Å². The van der Waals surface area contributed by atoms with E-state index >= 15 is 0 Å². The van der Waals surface area contributed by atoms with Crippen LogP contribution >= 0.6 is 0 Å². The van der Waals surface area contributed by atoms with Crippen LogP contribution in [0.25, 0.3) is 5.69 Å². The van der Waals surface area contributed by atoms with Crippen molar-refractivity contribution in [1.29, 1.82) is 0 Å². The summed E-state index contributed by atoms with van der Waals surface area (Å²) >= 11 is 0. The summed E-state index contributed by atoms with van der Waals surface area (Å²) in [6, 6.07) is 7.93. The Morgan fingerprint density at radius 3 is 2.86 bits per heavy atom. The highest BCUT2D eigenvalue weighted by atomic mass is 15.5. The molecule has 3 rings (SSSR count). The van der Waals surface area contributed by atoms with E-state index in [1.807, 2.05) is 31.2 Å². The Morgan fingerprint density at radius 2 is 2.10 bits per heavy atom. The highest BCUT2D eigenvalue weighted by molar-refractivity contribution is 5.56. The molecule has 7 nitrogen and oxygen atoms in total. The summed E-state index contributed by atoms with van der Waals surface area (Å²) in [5, 5.41) is 14.6. The first kappa shape index (κ1) is 13.2. The van der Waals surface area contributed by atoms with Crippen molar-refractivity contribution in [2.75, 3.05) is 5.32 Å². The Labute approximate surface area is 122 Å². The number of nitrogens with one attached hydrogen (secondary N) is 1. The highest BCUT2D eigenvalue weighted by Gasteiger charge is 2.04. The topological polar surface area (TPSA) is 81.4 Å². The van der Waals surface area contributed by atoms with Crippen LogP contribution in [0.1, 0.15) is 17.1 Å². The fourth-order valence-corrected chi connectivity index (χ4v) is 2.01. The molecule has 0 radical (unpaired) electrons. The van der Waals surface area contributed by atoms with Gasteiger partial charge in [0, 0.05) is 11.9 Å². The average Bonchev–Trinajstić information content (AvgIpc) is 3.01. The molecule has 2 aromatic heterocycles. The number of tetrazole rings is 1. The molecule has 0 unspecified atom stereocenters. The van der Waals surface area contributed by atoms with Crippen LogP contribution in [0, 0.1) is 13.8 Å². The summed E-state index contributed by atoms with van der Waals surface area (Å²) in [5.41, 5.74) is 4.04. The van der Waals surface area contributed by atoms with E-state index in [0.717, 1.165) is 28.5 Å². The van der Waals surface area contributed by atoms with Crippen molar-refractivity contribution in [1.82, 2.24) is 30.2 Å². The number of anilines is 1. The maximum absolute atomic E-state index is 4.38. The second kappa shape index (κ2) is 5.66. The number of rotatable bonds is 4. The lowest BCUT2D eigenvalue weighted by atomic mass is 10.1. The number of aryl methyl sites for hydroxylation is 2. The van der Waals surface area contributed by atoms with Crippen LogP contribution < -0.4 is 5.32 Å². The number of hydrogen-bond acceptors (Lipinski definition) is 6. The minimum absolute atomic E-state index is 0.642. The van der Waals surface area contributed by atoms with Gasteiger partial charge >= 0.3 is 0 Å². The molecule has 0 saturated carbocycles. The first-order valence-corrected chi connectivity index (χ1v) is 6.59. The van der Waals surface area contributed by atoms with Gasteiger partial charge < -0.3 is 5.32 Å². The standard InChI is InChI=1S/C14H15N7/c1-10-3-4-13(21-9-17-19-20-21)7-14(10)16-8-12-5-6-15-11(2)18-12/h3-7,9,16H,8H2,1-2H3. The minimum Gasteiger partial charge on any atom is -0.379 e. The lowest BCUT2D eigenvalue weighted by Crippen LogP contribution is -2.05. The monoisotopic (exact) mass is 281 g/mol. The number of benzene rings is 1. The van der Waals surface area contributed by atoms with Crippen LogP contribution in [0.4, 0.5) is 5.69 Å². The fourth-order valence-electron chi connectivity index (χ4n) is 2.01. The van der Waals surface area contributed by atoms with Crippen LogP contribution in [-0.4, -0.2) is 30.2 Å². The summed E-state index contributed by atoms with van der Waals surface area (Å²) in [6.07, 6.45) is 3.34. The van der Waals surface area contributed by atoms with Crippen molar-refractivity contribution in [3.05, 3.63) is 53.9 Å². The van der Waals surface area contributed by atoms with E-state index in [9.17, 15) is 0 Å². The van der Waals surface area contributed by atoms with E-state index in [1.54, 1.807) is 17.2 Å². The molecule has 2 heterocycles. The van der Waals surface area contributed by atoms with E-state index in [2.05, 4.69) is 37.7 Å². The van der Waals surface area contributed by atoms with Crippen LogP contribution in [0.2, 0.25) is 0 Å². The van der Waals surface area contributed by atoms with Crippen LogP contribution in [0.3, 0.4) is 0 Å². The zero-order valence-electron chi connectivity index (χ0n) is 11.9. The number of nitrogens with zero attached hydrogens (tertiary/aromatic N) is 6. The Balaban J connectivity index is 1.80. The van der Waals surface area contributed by atoms with E-state index in [0.29, 0.717) is 6.54 Å². The molecule has 0 amide bonds. The molecule has 1 aromatic carbocycles. The molecule has 0 saturated heterocycles. The molecule has 21 heavy (non-hydrogen) atoms. The predicted molar refractivity (Wildman–Crippen MR) is 78.0 cm³/mol. The number of aromatic nitrogens is 6. The second-order valence-corrected chi connectivity index (χ2v) is 4.70. The van der Waals surface area contributed by atoms with E-state index < -0.39 is 0 Å². The third kappa shape index (κ3) is 3.02. The van der Waals surface area contributed by atoms with Gasteiger partial charge in [0.1, 0.15) is 12.2 Å². The predicted octanol–water partition coefficient (Wildman–Crippen LogP) is 1.68. The molecule has 0 fully saturated rings. The maximum atomic E-state index is 4.38. The van der Waals surface area contributed by atoms with Gasteiger partial charge in [0.25, 0.3) is 0 Å². The Morgan fingerprint density at radius 1 is 1.19 bits per heavy atom. The van der Waals surface area contributed by atoms with Gasteiger partial charge in [0.15, 0.2) is 0 Å². The van der Waals surface area contributed by atoms with Gasteiger partial charge in [-0.3, -0.25) is 0 Å². The summed E-state index contributed by atoms with van der Waals surface area (Å²) in [7, 11) is 0. The van der Waals surface area contributed by atoms with Crippen molar-refractivity contribution in [3.8, 4) is 5.69 Å². The van der Waals surface area contributed by atoms with Gasteiger partial charge in [-0.15, -0.1) is 5.10 Å². The highest BCUT2D eigenvalue weighted by Crippen LogP contribution is 2.19. The quantitative estimate of drug-likeness (QED) is 0.783. The fraction of sp³-hybridized carbons (Fsp3) is 0.214. The molecule has 1 N–H and O–H groups in total. The second-order valence-electron chi connectivity index (χ2n) is 4.70. The van der Waals surface area contributed by atoms with E-state index in [4.69, 9.17) is 0 Å². The summed E-state index contributed by atoms with van der Waals surface area (Å²) < 4.78 is 1.62. The van der Waals surface area contributed by atoms with Crippen molar-refractivity contribution in [2.24, 2.45) is 0 Å². The first-order valence-electron chi connectivity index (χ1n) is 6.59. The smallest absolute Gasteiger partial charge is 0.143 e. The van der Waals surface area contributed by atoms with Crippen LogP contribution in [-0.2, 0) is 6.54 Å². The molecule has 7 heteroatoms. The molecule has 106 valence electrons. The van der Waals surface area contributed by atoms with Crippen LogP contribution in [0.15, 0.2) is 36.8 Å². The molecular weight excluding hydrogens is 266 g/mol. The molecule has 0 aliphatic rings. The largest absolute Gasteiger partial charge is 0.379 e. The zero-order valence-corrected chi connectivity index (χ0v) is 11.9. The van der Waals surface area contributed by atoms with Crippen molar-refractivity contribution < 1.29 is 0 Å². The average molecular weight is 281 g/mol. The van der Waals surface area contributed by atoms with Crippen molar-refractivity contribution in [3.63, 3.8) is 0 Å². The van der Waals surface area contributed by atoms with Gasteiger partial charge in [-0.05, 0) is 48.0 Å². The molecular formula is C14H15N7. The summed E-state index contributed by atoms with van der Waals surface area (Å²) in [5.74, 6) is 0.772.